The average molecular weight is 485 g/mol. The molecular formula is C20H20ClF3N6OS. The van der Waals surface area contributed by atoms with Crippen LogP contribution < -0.4 is 16.1 Å². The fourth-order valence-corrected chi connectivity index (χ4v) is 4.59. The van der Waals surface area contributed by atoms with Crippen LogP contribution in [0.3, 0.4) is 0 Å². The van der Waals surface area contributed by atoms with Crippen molar-refractivity contribution in [3.05, 3.63) is 59.2 Å². The van der Waals surface area contributed by atoms with Crippen LogP contribution in [0.25, 0.3) is 0 Å². The van der Waals surface area contributed by atoms with Crippen LogP contribution in [0.1, 0.15) is 30.9 Å². The van der Waals surface area contributed by atoms with Crippen molar-refractivity contribution in [3.8, 4) is 0 Å². The van der Waals surface area contributed by atoms with E-state index in [2.05, 4.69) is 21.1 Å². The monoisotopic (exact) mass is 484 g/mol. The number of hydrazine groups is 1. The number of fused-ring (bicyclic) bond motifs is 1. The van der Waals surface area contributed by atoms with E-state index in [0.29, 0.717) is 25.2 Å². The summed E-state index contributed by atoms with van der Waals surface area (Å²) >= 11 is 11.2. The van der Waals surface area contributed by atoms with Crippen LogP contribution in [-0.4, -0.2) is 49.9 Å². The quantitative estimate of drug-likeness (QED) is 0.298. The van der Waals surface area contributed by atoms with Crippen molar-refractivity contribution in [1.29, 1.82) is 0 Å². The van der Waals surface area contributed by atoms with E-state index in [0.717, 1.165) is 18.6 Å². The fraction of sp³-hybridized carbons (Fsp3) is 0.400. The third kappa shape index (κ3) is 3.94. The highest BCUT2D eigenvalue weighted by Crippen LogP contribution is 2.38. The zero-order valence-corrected chi connectivity index (χ0v) is 18.2. The maximum Gasteiger partial charge on any atom is 0.298 e. The highest BCUT2D eigenvalue weighted by molar-refractivity contribution is 7.80. The molecule has 32 heavy (non-hydrogen) atoms. The molecule has 170 valence electrons. The number of thiocarbonyl (C=S) groups is 1. The van der Waals surface area contributed by atoms with Crippen LogP contribution >= 0.6 is 23.8 Å². The van der Waals surface area contributed by atoms with Crippen LogP contribution in [0, 0.1) is 11.6 Å². The minimum absolute atomic E-state index is 0.104. The van der Waals surface area contributed by atoms with Gasteiger partial charge in [0.15, 0.2) is 10.9 Å². The lowest BCUT2D eigenvalue weighted by Crippen LogP contribution is -2.45. The Kier molecular flexibility index (Phi) is 5.31. The molecule has 12 heteroatoms. The van der Waals surface area contributed by atoms with Crippen molar-refractivity contribution in [2.24, 2.45) is 4.99 Å². The van der Waals surface area contributed by atoms with E-state index < -0.39 is 29.0 Å². The first-order valence-corrected chi connectivity index (χ1v) is 11.0. The van der Waals surface area contributed by atoms with Crippen molar-refractivity contribution < 1.29 is 18.3 Å². The molecule has 1 aromatic rings. The molecule has 0 radical (unpaired) electrons. The van der Waals surface area contributed by atoms with Gasteiger partial charge in [0.05, 0.1) is 18.2 Å². The third-order valence-corrected chi connectivity index (χ3v) is 6.29. The molecule has 1 aromatic carbocycles. The molecule has 4 atom stereocenters. The van der Waals surface area contributed by atoms with Crippen LogP contribution in [-0.2, 0) is 0 Å². The number of aliphatic hydroxyl groups is 1. The first-order chi connectivity index (χ1) is 15.2. The summed E-state index contributed by atoms with van der Waals surface area (Å²) in [4.78, 5) is 6.41. The summed E-state index contributed by atoms with van der Waals surface area (Å²) in [5.74, 6) is -0.377. The second-order valence-corrected chi connectivity index (χ2v) is 8.99. The van der Waals surface area contributed by atoms with Crippen LogP contribution in [0.4, 0.5) is 13.2 Å². The molecule has 1 unspecified atom stereocenters. The van der Waals surface area contributed by atoms with E-state index in [-0.39, 0.29) is 28.2 Å². The van der Waals surface area contributed by atoms with Crippen molar-refractivity contribution in [3.63, 3.8) is 0 Å². The van der Waals surface area contributed by atoms with Crippen LogP contribution in [0.15, 0.2) is 47.0 Å². The van der Waals surface area contributed by atoms with Crippen LogP contribution in [0.2, 0.25) is 0 Å². The second-order valence-electron chi connectivity index (χ2n) is 8.07. The number of rotatable bonds is 3. The van der Waals surface area contributed by atoms with Gasteiger partial charge >= 0.3 is 0 Å². The zero-order chi connectivity index (χ0) is 22.6. The lowest BCUT2D eigenvalue weighted by atomic mass is 10.0. The Bertz CT molecular complexity index is 1060. The maximum atomic E-state index is 15.1. The molecule has 4 N–H and O–H groups in total. The molecular weight excluding hydrogens is 465 g/mol. The number of likely N-dealkylation sites (tertiary alicyclic amines) is 1. The summed E-state index contributed by atoms with van der Waals surface area (Å²) in [6, 6.07) is 2.80. The molecule has 1 saturated carbocycles. The SMILES string of the molecule is O[C@@H]1C[C@H]1NC(=S)NC1=C2N=C(N3CCC[C@@H]3c3cc(F)ccc3F)C=CN2NC1(F)Cl. The fourth-order valence-electron chi connectivity index (χ4n) is 4.11. The number of halogens is 4. The Hall–Kier alpha value is -2.34. The molecule has 1 saturated heterocycles. The average Bonchev–Trinajstić information content (AvgIpc) is 3.12. The number of nitrogens with zero attached hydrogens (tertiary/aromatic N) is 3. The Morgan fingerprint density at radius 3 is 2.91 bits per heavy atom. The Morgan fingerprint density at radius 1 is 1.38 bits per heavy atom. The van der Waals surface area contributed by atoms with Gasteiger partial charge in [-0.3, -0.25) is 5.01 Å². The van der Waals surface area contributed by atoms with Crippen molar-refractivity contribution in [2.75, 3.05) is 6.54 Å². The first-order valence-electron chi connectivity index (χ1n) is 10.2. The predicted octanol–water partition coefficient (Wildman–Crippen LogP) is 2.48. The Balaban J connectivity index is 1.44. The van der Waals surface area contributed by atoms with Gasteiger partial charge in [0.2, 0.25) is 0 Å². The van der Waals surface area contributed by atoms with Gasteiger partial charge in [-0.2, -0.15) is 9.82 Å². The molecule has 3 aliphatic heterocycles. The van der Waals surface area contributed by atoms with Gasteiger partial charge in [-0.15, -0.1) is 0 Å². The zero-order valence-electron chi connectivity index (χ0n) is 16.7. The lowest BCUT2D eigenvalue weighted by molar-refractivity contribution is 0.193. The van der Waals surface area contributed by atoms with E-state index in [9.17, 15) is 13.9 Å². The number of hydrogen-bond acceptors (Lipinski definition) is 6. The lowest BCUT2D eigenvalue weighted by Gasteiger charge is -2.30. The molecule has 0 bridgehead atoms. The summed E-state index contributed by atoms with van der Waals surface area (Å²) in [5, 5.41) is 14.0. The van der Waals surface area contributed by atoms with E-state index in [1.807, 2.05) is 4.90 Å². The number of aliphatic imine (C=N–C) groups is 1. The molecule has 7 nitrogen and oxygen atoms in total. The molecule has 4 aliphatic rings. The number of alkyl halides is 2. The minimum atomic E-state index is -2.49. The first kappa shape index (κ1) is 21.5. The maximum absolute atomic E-state index is 15.1. The summed E-state index contributed by atoms with van der Waals surface area (Å²) in [6.45, 7) is 0.578. The van der Waals surface area contributed by atoms with Crippen molar-refractivity contribution in [1.82, 2.24) is 26.0 Å². The van der Waals surface area contributed by atoms with Gasteiger partial charge in [-0.05, 0) is 55.8 Å². The van der Waals surface area contributed by atoms with E-state index >= 15 is 4.39 Å². The number of nitrogens with one attached hydrogen (secondary N) is 3. The second kappa shape index (κ2) is 7.91. The molecule has 0 amide bonds. The van der Waals surface area contributed by atoms with Crippen molar-refractivity contribution >= 4 is 34.8 Å². The smallest absolute Gasteiger partial charge is 0.298 e. The highest BCUT2D eigenvalue weighted by atomic mass is 35.5. The Labute approximate surface area is 192 Å². The molecule has 5 rings (SSSR count). The van der Waals surface area contributed by atoms with Gasteiger partial charge < -0.3 is 20.6 Å². The van der Waals surface area contributed by atoms with Crippen molar-refractivity contribution in [2.45, 2.75) is 42.7 Å². The van der Waals surface area contributed by atoms with E-state index in [4.69, 9.17) is 23.8 Å². The highest BCUT2D eigenvalue weighted by Gasteiger charge is 2.46. The van der Waals surface area contributed by atoms with E-state index in [1.165, 1.54) is 11.1 Å². The molecule has 1 aliphatic carbocycles. The largest absolute Gasteiger partial charge is 0.391 e. The molecule has 3 heterocycles. The summed E-state index contributed by atoms with van der Waals surface area (Å²) in [5.41, 5.74) is 2.62. The van der Waals surface area contributed by atoms with Crippen LogP contribution in [0.5, 0.6) is 0 Å². The van der Waals surface area contributed by atoms with Gasteiger partial charge in [0.25, 0.3) is 5.25 Å². The van der Waals surface area contributed by atoms with Gasteiger partial charge in [-0.25, -0.2) is 13.8 Å². The molecule has 2 fully saturated rings. The van der Waals surface area contributed by atoms with Gasteiger partial charge in [0, 0.05) is 18.3 Å². The minimum Gasteiger partial charge on any atom is -0.391 e. The standard InChI is InChI=1S/C20H20ClF3N6OS/c21-20(24)17(27-19(32)25-13-9-15(13)31)18-26-16(5-7-30(18)28-20)29-6-1-2-14(29)11-8-10(22)3-4-12(11)23/h3-5,7-8,13-15,28,31H,1-2,6,9H2,(H2,25,27,32)/t13-,14-,15-,20?/m1/s1. The normalized spacial score (nSPS) is 31.0. The predicted molar refractivity (Wildman–Crippen MR) is 117 cm³/mol. The topological polar surface area (TPSA) is 75.2 Å². The summed E-state index contributed by atoms with van der Waals surface area (Å²) in [7, 11) is 0. The van der Waals surface area contributed by atoms with Gasteiger partial charge in [-0.1, -0.05) is 11.6 Å². The number of amidine groups is 1. The number of benzene rings is 1. The molecule has 0 spiro atoms. The Morgan fingerprint density at radius 2 is 2.16 bits per heavy atom. The summed E-state index contributed by atoms with van der Waals surface area (Å²) in [6.07, 6.45) is 4.66. The number of aliphatic hydroxyl groups excluding tert-OH is 1. The number of hydrogen-bond donors (Lipinski definition) is 4. The summed E-state index contributed by atoms with van der Waals surface area (Å²) < 4.78 is 43.3. The molecule has 0 aromatic heterocycles. The van der Waals surface area contributed by atoms with Gasteiger partial charge in [0.1, 0.15) is 23.2 Å². The third-order valence-electron chi connectivity index (χ3n) is 5.80. The van der Waals surface area contributed by atoms with E-state index in [1.54, 1.807) is 12.3 Å².